The highest BCUT2D eigenvalue weighted by Gasteiger charge is 2.14. The molecule has 0 fully saturated rings. The van der Waals surface area contributed by atoms with Crippen molar-refractivity contribution in [3.63, 3.8) is 0 Å². The normalized spacial score (nSPS) is 10.8. The van der Waals surface area contributed by atoms with Crippen LogP contribution >= 0.6 is 11.6 Å². The number of aromatic nitrogens is 2. The Hall–Kier alpha value is -2.47. The molecule has 0 radical (unpaired) electrons. The molecule has 0 aliphatic carbocycles. The number of hydrogen-bond donors (Lipinski definition) is 0. The first-order valence-corrected chi connectivity index (χ1v) is 7.09. The Balaban J connectivity index is 2.32. The average Bonchev–Trinajstić information content (AvgIpc) is 2.89. The number of rotatable bonds is 6. The Morgan fingerprint density at radius 2 is 1.78 bits per heavy atom. The fourth-order valence-electron chi connectivity index (χ4n) is 2.07. The molecule has 7 heteroatoms. The van der Waals surface area contributed by atoms with Gasteiger partial charge in [-0.25, -0.2) is 0 Å². The first-order valence-electron chi connectivity index (χ1n) is 6.71. The molecular weight excluding hydrogens is 320 g/mol. The van der Waals surface area contributed by atoms with Gasteiger partial charge in [-0.3, -0.25) is 9.48 Å². The van der Waals surface area contributed by atoms with Gasteiger partial charge in [0.2, 0.25) is 11.5 Å². The predicted molar refractivity (Wildman–Crippen MR) is 87.7 cm³/mol. The van der Waals surface area contributed by atoms with E-state index in [0.29, 0.717) is 22.3 Å². The van der Waals surface area contributed by atoms with Crippen molar-refractivity contribution in [3.05, 3.63) is 40.7 Å². The third-order valence-electron chi connectivity index (χ3n) is 3.13. The van der Waals surface area contributed by atoms with Gasteiger partial charge < -0.3 is 14.2 Å². The van der Waals surface area contributed by atoms with E-state index in [0.717, 1.165) is 5.56 Å². The summed E-state index contributed by atoms with van der Waals surface area (Å²) in [5.41, 5.74) is 0.928. The second kappa shape index (κ2) is 7.19. The van der Waals surface area contributed by atoms with Crippen molar-refractivity contribution >= 4 is 23.5 Å². The molecule has 2 aromatic rings. The van der Waals surface area contributed by atoms with E-state index in [2.05, 4.69) is 5.10 Å². The summed E-state index contributed by atoms with van der Waals surface area (Å²) in [5.74, 6) is 1.22. The molecule has 0 spiro atoms. The molecule has 0 N–H and O–H groups in total. The van der Waals surface area contributed by atoms with Gasteiger partial charge in [-0.15, -0.1) is 0 Å². The van der Waals surface area contributed by atoms with Crippen LogP contribution in [-0.2, 0) is 7.05 Å². The summed E-state index contributed by atoms with van der Waals surface area (Å²) >= 11 is 5.96. The fourth-order valence-corrected chi connectivity index (χ4v) is 2.35. The van der Waals surface area contributed by atoms with E-state index in [1.165, 1.54) is 32.1 Å². The first kappa shape index (κ1) is 16.9. The summed E-state index contributed by atoms with van der Waals surface area (Å²) < 4.78 is 17.3. The van der Waals surface area contributed by atoms with Crippen molar-refractivity contribution in [1.29, 1.82) is 0 Å². The monoisotopic (exact) mass is 336 g/mol. The number of hydrogen-bond acceptors (Lipinski definition) is 5. The van der Waals surface area contributed by atoms with Crippen LogP contribution in [0.2, 0.25) is 5.02 Å². The Bertz CT molecular complexity index is 728. The van der Waals surface area contributed by atoms with Crippen LogP contribution < -0.4 is 14.2 Å². The number of benzene rings is 1. The van der Waals surface area contributed by atoms with Gasteiger partial charge in [-0.05, 0) is 23.8 Å². The maximum absolute atomic E-state index is 12.1. The minimum atomic E-state index is -0.288. The minimum Gasteiger partial charge on any atom is -0.493 e. The van der Waals surface area contributed by atoms with E-state index < -0.39 is 0 Å². The van der Waals surface area contributed by atoms with E-state index >= 15 is 0 Å². The Morgan fingerprint density at radius 3 is 2.22 bits per heavy atom. The summed E-state index contributed by atoms with van der Waals surface area (Å²) in [6.07, 6.45) is 4.61. The van der Waals surface area contributed by atoms with Gasteiger partial charge in [0.05, 0.1) is 26.4 Å². The van der Waals surface area contributed by atoms with E-state index in [-0.39, 0.29) is 11.5 Å². The lowest BCUT2D eigenvalue weighted by Crippen LogP contribution is -1.98. The molecule has 2 rings (SSSR count). The summed E-state index contributed by atoms with van der Waals surface area (Å²) in [4.78, 5) is 12.1. The highest BCUT2D eigenvalue weighted by Crippen LogP contribution is 2.38. The molecule has 0 unspecified atom stereocenters. The third kappa shape index (κ3) is 3.65. The van der Waals surface area contributed by atoms with Crippen LogP contribution in [0.1, 0.15) is 16.1 Å². The van der Waals surface area contributed by atoms with Crippen LogP contribution in [0.25, 0.3) is 6.08 Å². The van der Waals surface area contributed by atoms with Crippen LogP contribution in [0.3, 0.4) is 0 Å². The molecule has 0 saturated carbocycles. The number of ketones is 1. The summed E-state index contributed by atoms with van der Waals surface area (Å²) in [5, 5.41) is 4.34. The third-order valence-corrected chi connectivity index (χ3v) is 3.41. The number of allylic oxidation sites excluding steroid dienone is 1. The standard InChI is InChI=1S/C16H17ClN2O4/c1-19-9-11(17)15(18-19)12(20)6-5-10-7-13(21-2)16(23-4)14(8-10)22-3/h5-9H,1-4H3/b6-5+. The van der Waals surface area contributed by atoms with E-state index in [4.69, 9.17) is 25.8 Å². The van der Waals surface area contributed by atoms with E-state index in [9.17, 15) is 4.79 Å². The lowest BCUT2D eigenvalue weighted by molar-refractivity contribution is 0.104. The SMILES string of the molecule is COc1cc(/C=C/C(=O)c2nn(C)cc2Cl)cc(OC)c1OC. The molecule has 0 aliphatic rings. The quantitative estimate of drug-likeness (QED) is 0.599. The molecule has 6 nitrogen and oxygen atoms in total. The zero-order valence-electron chi connectivity index (χ0n) is 13.3. The van der Waals surface area contributed by atoms with Crippen LogP contribution in [-0.4, -0.2) is 36.9 Å². The highest BCUT2D eigenvalue weighted by atomic mass is 35.5. The number of methoxy groups -OCH3 is 3. The molecule has 1 aromatic heterocycles. The van der Waals surface area contributed by atoms with Crippen LogP contribution in [0.15, 0.2) is 24.4 Å². The van der Waals surface area contributed by atoms with Crippen molar-refractivity contribution in [3.8, 4) is 17.2 Å². The molecule has 0 amide bonds. The van der Waals surface area contributed by atoms with Crippen LogP contribution in [0.4, 0.5) is 0 Å². The molecule has 0 atom stereocenters. The summed E-state index contributed by atoms with van der Waals surface area (Å²) in [6, 6.07) is 3.48. The maximum Gasteiger partial charge on any atom is 0.207 e. The molecule has 23 heavy (non-hydrogen) atoms. The molecule has 0 aliphatic heterocycles. The number of carbonyl (C=O) groups is 1. The van der Waals surface area contributed by atoms with Gasteiger partial charge in [0, 0.05) is 13.2 Å². The van der Waals surface area contributed by atoms with E-state index in [1.807, 2.05) is 0 Å². The van der Waals surface area contributed by atoms with Crippen molar-refractivity contribution < 1.29 is 19.0 Å². The Morgan fingerprint density at radius 1 is 1.17 bits per heavy atom. The van der Waals surface area contributed by atoms with Gasteiger partial charge in [-0.1, -0.05) is 17.7 Å². The predicted octanol–water partition coefficient (Wildman–Crippen LogP) is 3.00. The topological polar surface area (TPSA) is 62.6 Å². The smallest absolute Gasteiger partial charge is 0.207 e. The largest absolute Gasteiger partial charge is 0.493 e. The van der Waals surface area contributed by atoms with Crippen molar-refractivity contribution in [2.45, 2.75) is 0 Å². The molecule has 0 bridgehead atoms. The van der Waals surface area contributed by atoms with Gasteiger partial charge in [0.1, 0.15) is 0 Å². The molecule has 1 heterocycles. The van der Waals surface area contributed by atoms with E-state index in [1.54, 1.807) is 31.5 Å². The molecule has 0 saturated heterocycles. The van der Waals surface area contributed by atoms with Crippen LogP contribution in [0, 0.1) is 0 Å². The van der Waals surface area contributed by atoms with Crippen LogP contribution in [0.5, 0.6) is 17.2 Å². The van der Waals surface area contributed by atoms with Gasteiger partial charge in [0.15, 0.2) is 17.2 Å². The number of aryl methyl sites for hydroxylation is 1. The summed E-state index contributed by atoms with van der Waals surface area (Å²) in [6.45, 7) is 0. The highest BCUT2D eigenvalue weighted by molar-refractivity contribution is 6.34. The Kier molecular flexibility index (Phi) is 5.28. The average molecular weight is 337 g/mol. The fraction of sp³-hybridized carbons (Fsp3) is 0.250. The van der Waals surface area contributed by atoms with Crippen molar-refractivity contribution in [1.82, 2.24) is 9.78 Å². The van der Waals surface area contributed by atoms with Crippen molar-refractivity contribution in [2.75, 3.05) is 21.3 Å². The second-order valence-corrected chi connectivity index (χ2v) is 5.06. The Labute approximate surface area is 139 Å². The molecule has 122 valence electrons. The number of carbonyl (C=O) groups excluding carboxylic acids is 1. The molecule has 1 aromatic carbocycles. The summed E-state index contributed by atoms with van der Waals surface area (Å²) in [7, 11) is 6.29. The zero-order chi connectivity index (χ0) is 17.0. The zero-order valence-corrected chi connectivity index (χ0v) is 14.0. The number of nitrogens with zero attached hydrogens (tertiary/aromatic N) is 2. The lowest BCUT2D eigenvalue weighted by atomic mass is 10.1. The number of ether oxygens (including phenoxy) is 3. The van der Waals surface area contributed by atoms with Gasteiger partial charge in [0.25, 0.3) is 0 Å². The number of halogens is 1. The first-order chi connectivity index (χ1) is 11.0. The lowest BCUT2D eigenvalue weighted by Gasteiger charge is -2.12. The maximum atomic E-state index is 12.1. The van der Waals surface area contributed by atoms with Gasteiger partial charge >= 0.3 is 0 Å². The van der Waals surface area contributed by atoms with Crippen molar-refractivity contribution in [2.24, 2.45) is 7.05 Å². The molecular formula is C16H17ClN2O4. The second-order valence-electron chi connectivity index (χ2n) is 4.66. The van der Waals surface area contributed by atoms with Gasteiger partial charge in [-0.2, -0.15) is 5.10 Å². The minimum absolute atomic E-state index is 0.206.